The monoisotopic (exact) mass is 405 g/mol. The highest BCUT2D eigenvalue weighted by Crippen LogP contribution is 2.28. The zero-order chi connectivity index (χ0) is 19.3. The van der Waals surface area contributed by atoms with Crippen molar-refractivity contribution in [1.29, 1.82) is 0 Å². The molecule has 2 N–H and O–H groups in total. The van der Waals surface area contributed by atoms with Crippen LogP contribution in [-0.4, -0.2) is 25.2 Å². The van der Waals surface area contributed by atoms with Gasteiger partial charge in [-0.05, 0) is 36.4 Å². The van der Waals surface area contributed by atoms with Crippen molar-refractivity contribution in [3.63, 3.8) is 0 Å². The average Bonchev–Trinajstić information content (AvgIpc) is 3.37. The fourth-order valence-corrected chi connectivity index (χ4v) is 4.68. The van der Waals surface area contributed by atoms with Crippen LogP contribution in [0.5, 0.6) is 0 Å². The van der Waals surface area contributed by atoms with Crippen molar-refractivity contribution in [2.24, 2.45) is 0 Å². The molecule has 1 unspecified atom stereocenters. The number of hydrogen-bond donors (Lipinski definition) is 2. The lowest BCUT2D eigenvalue weighted by Gasteiger charge is -2.06. The lowest BCUT2D eigenvalue weighted by atomic mass is 10.2. The fourth-order valence-electron chi connectivity index (χ4n) is 2.47. The molecule has 8 heteroatoms. The molecule has 0 saturated carbocycles. The van der Waals surface area contributed by atoms with Crippen LogP contribution >= 0.6 is 11.3 Å². The zero-order valence-corrected chi connectivity index (χ0v) is 16.0. The van der Waals surface area contributed by atoms with E-state index in [2.05, 4.69) is 5.32 Å². The van der Waals surface area contributed by atoms with E-state index in [0.717, 1.165) is 4.88 Å². The van der Waals surface area contributed by atoms with Gasteiger partial charge in [-0.2, -0.15) is 0 Å². The second kappa shape index (κ2) is 8.51. The van der Waals surface area contributed by atoms with Crippen LogP contribution in [0.25, 0.3) is 0 Å². The van der Waals surface area contributed by atoms with E-state index in [9.17, 15) is 18.3 Å². The molecule has 2 heterocycles. The van der Waals surface area contributed by atoms with Gasteiger partial charge < -0.3 is 14.8 Å². The summed E-state index contributed by atoms with van der Waals surface area (Å²) >= 11 is 1.36. The number of sulfone groups is 1. The third-order valence-electron chi connectivity index (χ3n) is 3.92. The summed E-state index contributed by atoms with van der Waals surface area (Å²) in [6.07, 6.45) is 0.548. The number of aliphatic hydroxyl groups excluding tert-OH is 1. The molecule has 1 aromatic carbocycles. The van der Waals surface area contributed by atoms with Gasteiger partial charge in [0.1, 0.15) is 11.9 Å². The van der Waals surface area contributed by atoms with Gasteiger partial charge in [0.2, 0.25) is 5.91 Å². The first-order chi connectivity index (χ1) is 13.0. The Kier molecular flexibility index (Phi) is 6.10. The quantitative estimate of drug-likeness (QED) is 0.601. The van der Waals surface area contributed by atoms with Gasteiger partial charge in [-0.1, -0.05) is 18.2 Å². The van der Waals surface area contributed by atoms with Crippen LogP contribution in [0, 0.1) is 0 Å². The number of furan rings is 1. The molecule has 1 atom stereocenters. The van der Waals surface area contributed by atoms with E-state index >= 15 is 0 Å². The summed E-state index contributed by atoms with van der Waals surface area (Å²) in [6.45, 7) is 0.278. The van der Waals surface area contributed by atoms with Crippen LogP contribution in [-0.2, 0) is 21.2 Å². The number of thiophene rings is 1. The van der Waals surface area contributed by atoms with E-state index in [1.165, 1.54) is 29.7 Å². The van der Waals surface area contributed by atoms with Gasteiger partial charge in [0.15, 0.2) is 9.84 Å². The molecule has 0 saturated heterocycles. The Morgan fingerprint density at radius 2 is 1.89 bits per heavy atom. The summed E-state index contributed by atoms with van der Waals surface area (Å²) in [5.41, 5.74) is 0. The molecule has 0 aliphatic heterocycles. The second-order valence-corrected chi connectivity index (χ2v) is 9.19. The lowest BCUT2D eigenvalue weighted by Crippen LogP contribution is -2.24. The van der Waals surface area contributed by atoms with Crippen molar-refractivity contribution in [2.75, 3.05) is 5.75 Å². The first-order valence-corrected chi connectivity index (χ1v) is 10.8. The third-order valence-corrected chi connectivity index (χ3v) is 6.79. The van der Waals surface area contributed by atoms with Gasteiger partial charge >= 0.3 is 0 Å². The first kappa shape index (κ1) is 19.3. The second-order valence-electron chi connectivity index (χ2n) is 5.88. The Hall–Kier alpha value is -2.42. The molecule has 6 nitrogen and oxygen atoms in total. The molecule has 1 amide bonds. The highest BCUT2D eigenvalue weighted by Gasteiger charge is 2.17. The van der Waals surface area contributed by atoms with Crippen molar-refractivity contribution < 1.29 is 22.7 Å². The van der Waals surface area contributed by atoms with Gasteiger partial charge in [-0.15, -0.1) is 11.3 Å². The van der Waals surface area contributed by atoms with Gasteiger partial charge in [0.05, 0.1) is 23.5 Å². The van der Waals surface area contributed by atoms with Gasteiger partial charge in [-0.3, -0.25) is 4.79 Å². The number of carbonyl (C=O) groups excluding carboxylic acids is 1. The molecule has 0 aliphatic carbocycles. The van der Waals surface area contributed by atoms with Crippen molar-refractivity contribution in [1.82, 2.24) is 5.32 Å². The van der Waals surface area contributed by atoms with Crippen LogP contribution in [0.2, 0.25) is 0 Å². The van der Waals surface area contributed by atoms with E-state index in [0.29, 0.717) is 10.6 Å². The van der Waals surface area contributed by atoms with Gasteiger partial charge in [0, 0.05) is 16.2 Å². The van der Waals surface area contributed by atoms with E-state index < -0.39 is 15.9 Å². The molecule has 0 bridgehead atoms. The zero-order valence-electron chi connectivity index (χ0n) is 14.4. The largest absolute Gasteiger partial charge is 0.466 e. The summed E-state index contributed by atoms with van der Waals surface area (Å²) in [5.74, 6) is -0.120. The van der Waals surface area contributed by atoms with Gasteiger partial charge in [0.25, 0.3) is 0 Å². The Morgan fingerprint density at radius 1 is 1.11 bits per heavy atom. The van der Waals surface area contributed by atoms with Crippen LogP contribution in [0.3, 0.4) is 0 Å². The highest BCUT2D eigenvalue weighted by atomic mass is 32.2. The summed E-state index contributed by atoms with van der Waals surface area (Å²) < 4.78 is 29.6. The Bertz CT molecular complexity index is 978. The maximum atomic E-state index is 12.2. The molecule has 3 rings (SSSR count). The maximum absolute atomic E-state index is 12.2. The number of aliphatic hydroxyl groups is 1. The standard InChI is InChI=1S/C19H19NO5S2/c21-18(10-12-27(23,24)15-5-2-1-3-6-15)20-13-14-8-9-17(26-14)19(22)16-7-4-11-25-16/h1-9,11,19,22H,10,12-13H2,(H,20,21). The number of benzene rings is 1. The minimum Gasteiger partial charge on any atom is -0.466 e. The third kappa shape index (κ3) is 5.06. The van der Waals surface area contributed by atoms with Crippen molar-refractivity contribution >= 4 is 27.1 Å². The van der Waals surface area contributed by atoms with E-state index in [1.807, 2.05) is 6.07 Å². The summed E-state index contributed by atoms with van der Waals surface area (Å²) in [5, 5.41) is 12.9. The minimum absolute atomic E-state index is 0.107. The average molecular weight is 405 g/mol. The Balaban J connectivity index is 1.50. The maximum Gasteiger partial charge on any atom is 0.221 e. The molecule has 0 aliphatic rings. The molecule has 2 aromatic heterocycles. The van der Waals surface area contributed by atoms with Crippen molar-refractivity contribution in [2.45, 2.75) is 24.0 Å². The summed E-state index contributed by atoms with van der Waals surface area (Å²) in [4.78, 5) is 13.8. The predicted molar refractivity (Wildman–Crippen MR) is 102 cm³/mol. The molecule has 27 heavy (non-hydrogen) atoms. The molecule has 3 aromatic rings. The van der Waals surface area contributed by atoms with E-state index in [1.54, 1.807) is 36.4 Å². The molecule has 142 valence electrons. The first-order valence-electron chi connectivity index (χ1n) is 8.30. The van der Waals surface area contributed by atoms with Crippen LogP contribution in [0.1, 0.15) is 28.0 Å². The number of rotatable bonds is 8. The Morgan fingerprint density at radius 3 is 2.59 bits per heavy atom. The van der Waals surface area contributed by atoms with Crippen LogP contribution < -0.4 is 5.32 Å². The number of hydrogen-bond acceptors (Lipinski definition) is 6. The van der Waals surface area contributed by atoms with Gasteiger partial charge in [-0.25, -0.2) is 8.42 Å². The van der Waals surface area contributed by atoms with Crippen LogP contribution in [0.15, 0.2) is 70.2 Å². The topological polar surface area (TPSA) is 96.6 Å². The highest BCUT2D eigenvalue weighted by molar-refractivity contribution is 7.91. The molecule has 0 spiro atoms. The number of nitrogens with one attached hydrogen (secondary N) is 1. The van der Waals surface area contributed by atoms with E-state index in [-0.39, 0.29) is 29.5 Å². The summed E-state index contributed by atoms with van der Waals surface area (Å²) in [6, 6.07) is 15.1. The van der Waals surface area contributed by atoms with E-state index in [4.69, 9.17) is 4.42 Å². The molecule has 0 radical (unpaired) electrons. The lowest BCUT2D eigenvalue weighted by molar-refractivity contribution is -0.120. The Labute approximate surface area is 161 Å². The summed E-state index contributed by atoms with van der Waals surface area (Å²) in [7, 11) is -3.47. The SMILES string of the molecule is O=C(CCS(=O)(=O)c1ccccc1)NCc1ccc(C(O)c2ccco2)s1. The number of carbonyl (C=O) groups is 1. The van der Waals surface area contributed by atoms with Crippen molar-refractivity contribution in [3.05, 3.63) is 76.4 Å². The minimum atomic E-state index is -3.47. The fraction of sp³-hybridized carbons (Fsp3) is 0.211. The number of amides is 1. The normalized spacial score (nSPS) is 12.6. The molecular formula is C19H19NO5S2. The predicted octanol–water partition coefficient (Wildman–Crippen LogP) is 2.90. The molecular weight excluding hydrogens is 386 g/mol. The molecule has 0 fully saturated rings. The van der Waals surface area contributed by atoms with Crippen molar-refractivity contribution in [3.8, 4) is 0 Å². The van der Waals surface area contributed by atoms with Crippen LogP contribution in [0.4, 0.5) is 0 Å². The smallest absolute Gasteiger partial charge is 0.221 e.